The number of methoxy groups -OCH3 is 1. The van der Waals surface area contributed by atoms with Crippen LogP contribution in [0.3, 0.4) is 0 Å². The van der Waals surface area contributed by atoms with Crippen molar-refractivity contribution in [3.63, 3.8) is 0 Å². The molecule has 0 aliphatic carbocycles. The molecule has 3 heterocycles. The van der Waals surface area contributed by atoms with E-state index in [-0.39, 0.29) is 40.5 Å². The third-order valence-corrected chi connectivity index (χ3v) is 7.41. The minimum absolute atomic E-state index is 0.0215. The largest absolute Gasteiger partial charge is 0.494 e. The summed E-state index contributed by atoms with van der Waals surface area (Å²) < 4.78 is 69.0. The van der Waals surface area contributed by atoms with Gasteiger partial charge in [0.25, 0.3) is 5.91 Å². The lowest BCUT2D eigenvalue weighted by atomic mass is 9.88. The van der Waals surface area contributed by atoms with Gasteiger partial charge >= 0.3 is 6.18 Å². The topological polar surface area (TPSA) is 123 Å². The number of alkyl halides is 3. The number of carbonyl (C=O) groups is 2. The van der Waals surface area contributed by atoms with Gasteiger partial charge in [-0.05, 0) is 67.9 Å². The molecule has 0 saturated carbocycles. The summed E-state index contributed by atoms with van der Waals surface area (Å²) in [5, 5.41) is 16.7. The molecular weight excluding hydrogens is 584 g/mol. The molecule has 3 N–H and O–H groups in total. The van der Waals surface area contributed by atoms with Crippen molar-refractivity contribution in [2.45, 2.75) is 38.1 Å². The molecule has 13 heteroatoms. The smallest absolute Gasteiger partial charge is 0.424 e. The zero-order valence-electron chi connectivity index (χ0n) is 24.1. The van der Waals surface area contributed by atoms with Gasteiger partial charge in [-0.1, -0.05) is 0 Å². The second kappa shape index (κ2) is 11.1. The summed E-state index contributed by atoms with van der Waals surface area (Å²) in [6, 6.07) is 10.3. The first-order valence-electron chi connectivity index (χ1n) is 13.4. The molecule has 9 nitrogen and oxygen atoms in total. The summed E-state index contributed by atoms with van der Waals surface area (Å²) in [7, 11) is 1.37. The summed E-state index contributed by atoms with van der Waals surface area (Å²) in [6.07, 6.45) is -3.71. The Bertz CT molecular complexity index is 1780. The fourth-order valence-electron chi connectivity index (χ4n) is 5.15. The molecule has 230 valence electrons. The summed E-state index contributed by atoms with van der Waals surface area (Å²) in [4.78, 5) is 33.6. The van der Waals surface area contributed by atoms with Crippen molar-refractivity contribution in [2.24, 2.45) is 0 Å². The van der Waals surface area contributed by atoms with Crippen molar-refractivity contribution in [1.82, 2.24) is 20.6 Å². The first kappa shape index (κ1) is 30.7. The Morgan fingerprint density at radius 3 is 2.48 bits per heavy atom. The Kier molecular flexibility index (Phi) is 7.70. The van der Waals surface area contributed by atoms with Gasteiger partial charge in [0.05, 0.1) is 19.3 Å². The summed E-state index contributed by atoms with van der Waals surface area (Å²) in [5.41, 5.74) is -4.39. The van der Waals surface area contributed by atoms with Gasteiger partial charge in [0.1, 0.15) is 34.9 Å². The van der Waals surface area contributed by atoms with Crippen molar-refractivity contribution in [3.05, 3.63) is 82.9 Å². The molecule has 5 rings (SSSR count). The average Bonchev–Trinajstić information content (AvgIpc) is 3.29. The highest BCUT2D eigenvalue weighted by atomic mass is 19.4. The molecule has 0 saturated heterocycles. The van der Waals surface area contributed by atoms with Crippen LogP contribution < -0.4 is 20.1 Å². The average molecular weight is 613 g/mol. The molecule has 44 heavy (non-hydrogen) atoms. The van der Waals surface area contributed by atoms with E-state index in [2.05, 4.69) is 20.6 Å². The second-order valence-corrected chi connectivity index (χ2v) is 10.8. The molecule has 0 unspecified atom stereocenters. The standard InChI is InChI=1S/C31H28F4N4O5/c1-16-9-19-10-20(11-23(43-4)25(19)36-13-16)28(41)37-14-30(42,31(33,34)35)24-12-22-27(44-15-29(22,3)39-17(2)40)26(38-24)18-5-7-21(32)8-6-18/h5-13,42H,14-15H2,1-4H3,(H,37,41)(H,39,40)/t29-,30-/m0/s1. The number of aryl methyl sites for hydroxylation is 1. The van der Waals surface area contributed by atoms with E-state index in [4.69, 9.17) is 9.47 Å². The number of nitrogens with zero attached hydrogens (tertiary/aromatic N) is 2. The fourth-order valence-corrected chi connectivity index (χ4v) is 5.15. The van der Waals surface area contributed by atoms with E-state index in [0.717, 1.165) is 23.8 Å². The maximum absolute atomic E-state index is 14.7. The number of aromatic nitrogens is 2. The number of rotatable bonds is 7. The van der Waals surface area contributed by atoms with Gasteiger partial charge < -0.3 is 25.2 Å². The maximum Gasteiger partial charge on any atom is 0.424 e. The zero-order chi connectivity index (χ0) is 32.0. The van der Waals surface area contributed by atoms with Gasteiger partial charge in [0.15, 0.2) is 5.75 Å². The minimum atomic E-state index is -5.33. The molecule has 2 aromatic carbocycles. The van der Waals surface area contributed by atoms with Crippen LogP contribution in [0.4, 0.5) is 17.6 Å². The van der Waals surface area contributed by atoms with Crippen LogP contribution in [-0.4, -0.2) is 53.3 Å². The number of hydrogen-bond acceptors (Lipinski definition) is 7. The van der Waals surface area contributed by atoms with Crippen molar-refractivity contribution in [2.75, 3.05) is 20.3 Å². The first-order valence-corrected chi connectivity index (χ1v) is 13.4. The monoisotopic (exact) mass is 612 g/mol. The number of hydrogen-bond donors (Lipinski definition) is 3. The molecule has 0 spiro atoms. The Morgan fingerprint density at radius 1 is 1.14 bits per heavy atom. The Balaban J connectivity index is 1.59. The predicted molar refractivity (Wildman–Crippen MR) is 152 cm³/mol. The third-order valence-electron chi connectivity index (χ3n) is 7.41. The molecule has 4 aromatic rings. The van der Waals surface area contributed by atoms with E-state index in [9.17, 15) is 32.3 Å². The highest BCUT2D eigenvalue weighted by molar-refractivity contribution is 6.00. The third kappa shape index (κ3) is 5.50. The van der Waals surface area contributed by atoms with Crippen LogP contribution in [0.1, 0.15) is 41.0 Å². The number of aliphatic hydroxyl groups is 1. The van der Waals surface area contributed by atoms with E-state index in [0.29, 0.717) is 10.9 Å². The molecule has 0 bridgehead atoms. The van der Waals surface area contributed by atoms with Crippen LogP contribution in [0.2, 0.25) is 0 Å². The Morgan fingerprint density at radius 2 is 1.84 bits per heavy atom. The van der Waals surface area contributed by atoms with Crippen molar-refractivity contribution < 1.29 is 41.7 Å². The van der Waals surface area contributed by atoms with Crippen LogP contribution >= 0.6 is 0 Å². The number of ether oxygens (including phenoxy) is 2. The van der Waals surface area contributed by atoms with Crippen LogP contribution in [0.25, 0.3) is 22.2 Å². The van der Waals surface area contributed by atoms with Gasteiger partial charge in [-0.3, -0.25) is 14.6 Å². The van der Waals surface area contributed by atoms with Crippen LogP contribution in [0.15, 0.2) is 54.7 Å². The van der Waals surface area contributed by atoms with E-state index in [1.165, 1.54) is 38.3 Å². The molecule has 2 atom stereocenters. The van der Waals surface area contributed by atoms with Gasteiger partial charge in [-0.15, -0.1) is 0 Å². The molecule has 2 aromatic heterocycles. The Hall–Kier alpha value is -4.78. The highest BCUT2D eigenvalue weighted by Crippen LogP contribution is 2.47. The van der Waals surface area contributed by atoms with Crippen molar-refractivity contribution >= 4 is 22.7 Å². The Labute approximate surface area is 249 Å². The molecule has 2 amide bonds. The van der Waals surface area contributed by atoms with E-state index >= 15 is 0 Å². The molecule has 0 fully saturated rings. The van der Waals surface area contributed by atoms with Crippen molar-refractivity contribution in [1.29, 1.82) is 0 Å². The molecule has 1 aliphatic heterocycles. The highest BCUT2D eigenvalue weighted by Gasteiger charge is 2.57. The number of benzene rings is 2. The van der Waals surface area contributed by atoms with Gasteiger partial charge in [0.2, 0.25) is 11.5 Å². The van der Waals surface area contributed by atoms with E-state index < -0.39 is 47.2 Å². The molecule has 0 radical (unpaired) electrons. The SMILES string of the molecule is COc1cc(C(=O)NC[C@](O)(c2cc3c(c(-c4ccc(F)cc4)n2)OC[C@]3(C)NC(C)=O)C(F)(F)F)cc2cc(C)cnc12. The molecular formula is C31H28F4N4O5. The lowest BCUT2D eigenvalue weighted by Gasteiger charge is -2.32. The van der Waals surface area contributed by atoms with Crippen LogP contribution in [-0.2, 0) is 15.9 Å². The van der Waals surface area contributed by atoms with Gasteiger partial charge in [0, 0.05) is 35.2 Å². The summed E-state index contributed by atoms with van der Waals surface area (Å²) in [6.45, 7) is 3.14. The normalized spacial score (nSPS) is 17.4. The van der Waals surface area contributed by atoms with Gasteiger partial charge in [-0.2, -0.15) is 13.2 Å². The number of pyridine rings is 2. The first-order chi connectivity index (χ1) is 20.6. The lowest BCUT2D eigenvalue weighted by molar-refractivity contribution is -0.265. The van der Waals surface area contributed by atoms with Gasteiger partial charge in [-0.25, -0.2) is 9.37 Å². The van der Waals surface area contributed by atoms with Crippen LogP contribution in [0, 0.1) is 12.7 Å². The fraction of sp³-hybridized carbons (Fsp3) is 0.290. The van der Waals surface area contributed by atoms with Crippen molar-refractivity contribution in [3.8, 4) is 22.8 Å². The lowest BCUT2D eigenvalue weighted by Crippen LogP contribution is -2.52. The zero-order valence-corrected chi connectivity index (χ0v) is 24.1. The van der Waals surface area contributed by atoms with E-state index in [1.54, 1.807) is 26.1 Å². The summed E-state index contributed by atoms with van der Waals surface area (Å²) >= 11 is 0. The number of fused-ring (bicyclic) bond motifs is 2. The predicted octanol–water partition coefficient (Wildman–Crippen LogP) is 4.68. The number of halogens is 4. The second-order valence-electron chi connectivity index (χ2n) is 10.8. The number of nitrogens with one attached hydrogen (secondary N) is 2. The minimum Gasteiger partial charge on any atom is -0.494 e. The number of carbonyl (C=O) groups excluding carboxylic acids is 2. The maximum atomic E-state index is 14.7. The number of amides is 2. The van der Waals surface area contributed by atoms with E-state index in [1.807, 2.05) is 0 Å². The quantitative estimate of drug-likeness (QED) is 0.259. The summed E-state index contributed by atoms with van der Waals surface area (Å²) in [5.74, 6) is -1.67. The molecule has 1 aliphatic rings. The van der Waals surface area contributed by atoms with Crippen LogP contribution in [0.5, 0.6) is 11.5 Å².